The van der Waals surface area contributed by atoms with Gasteiger partial charge in [0.15, 0.2) is 0 Å². The Kier molecular flexibility index (Phi) is 6.70. The predicted molar refractivity (Wildman–Crippen MR) is 70.1 cm³/mol. The molecule has 0 unspecified atom stereocenters. The van der Waals surface area contributed by atoms with Gasteiger partial charge in [0.1, 0.15) is 11.3 Å². The van der Waals surface area contributed by atoms with Crippen molar-refractivity contribution in [2.75, 3.05) is 39.3 Å². The molecule has 3 N–H and O–H groups in total. The number of phenols is 1. The molecule has 1 aromatic rings. The van der Waals surface area contributed by atoms with Gasteiger partial charge < -0.3 is 25.1 Å². The third-order valence-electron chi connectivity index (χ3n) is 2.34. The van der Waals surface area contributed by atoms with Gasteiger partial charge in [0.2, 0.25) is 0 Å². The maximum absolute atomic E-state index is 11.7. The van der Waals surface area contributed by atoms with Gasteiger partial charge in [-0.1, -0.05) is 0 Å². The fourth-order valence-corrected chi connectivity index (χ4v) is 1.37. The molecule has 0 aliphatic rings. The first-order valence-corrected chi connectivity index (χ1v) is 5.97. The summed E-state index contributed by atoms with van der Waals surface area (Å²) in [4.78, 5) is 11.7. The molecule has 0 aliphatic carbocycles. The number of hydrogen-bond donors (Lipinski definition) is 2. The molecule has 0 atom stereocenters. The molecule has 0 saturated carbocycles. The number of methoxy groups -OCH3 is 1. The molecule has 0 radical (unpaired) electrons. The predicted octanol–water partition coefficient (Wildman–Crippen LogP) is 1.18. The molecule has 0 aromatic heterocycles. The SMILES string of the molecule is COCCOCCCOC(=O)c1cc(N)ccc1O. The van der Waals surface area contributed by atoms with Crippen molar-refractivity contribution in [3.8, 4) is 5.75 Å². The molecule has 6 heteroatoms. The van der Waals surface area contributed by atoms with Crippen molar-refractivity contribution in [3.05, 3.63) is 23.8 Å². The summed E-state index contributed by atoms with van der Waals surface area (Å²) in [5.74, 6) is -0.739. The standard InChI is InChI=1S/C13H19NO5/c1-17-7-8-18-5-2-6-19-13(16)11-9-10(14)3-4-12(11)15/h3-4,9,15H,2,5-8,14H2,1H3. The number of nitrogen functional groups attached to an aromatic ring is 1. The van der Waals surface area contributed by atoms with Crippen molar-refractivity contribution < 1.29 is 24.1 Å². The van der Waals surface area contributed by atoms with Gasteiger partial charge in [-0.15, -0.1) is 0 Å². The van der Waals surface area contributed by atoms with Crippen LogP contribution >= 0.6 is 0 Å². The molecule has 0 heterocycles. The molecule has 6 nitrogen and oxygen atoms in total. The van der Waals surface area contributed by atoms with Crippen LogP contribution in [0.3, 0.4) is 0 Å². The molecule has 1 aromatic carbocycles. The zero-order chi connectivity index (χ0) is 14.1. The van der Waals surface area contributed by atoms with Crippen molar-refractivity contribution in [3.63, 3.8) is 0 Å². The number of benzene rings is 1. The van der Waals surface area contributed by atoms with Gasteiger partial charge in [-0.05, 0) is 18.2 Å². The number of carbonyl (C=O) groups is 1. The number of nitrogens with two attached hydrogens (primary N) is 1. The molecule has 0 amide bonds. The Morgan fingerprint density at radius 1 is 1.26 bits per heavy atom. The highest BCUT2D eigenvalue weighted by molar-refractivity contribution is 5.93. The Labute approximate surface area is 112 Å². The molecule has 0 spiro atoms. The van der Waals surface area contributed by atoms with E-state index in [1.54, 1.807) is 7.11 Å². The number of hydrogen-bond acceptors (Lipinski definition) is 6. The van der Waals surface area contributed by atoms with E-state index in [0.29, 0.717) is 31.9 Å². The van der Waals surface area contributed by atoms with Crippen molar-refractivity contribution >= 4 is 11.7 Å². The zero-order valence-electron chi connectivity index (χ0n) is 10.9. The molecule has 0 saturated heterocycles. The molecule has 1 rings (SSSR count). The van der Waals surface area contributed by atoms with Crippen LogP contribution in [0, 0.1) is 0 Å². The van der Waals surface area contributed by atoms with E-state index in [9.17, 15) is 9.90 Å². The van der Waals surface area contributed by atoms with E-state index in [2.05, 4.69) is 0 Å². The fraction of sp³-hybridized carbons (Fsp3) is 0.462. The van der Waals surface area contributed by atoms with Gasteiger partial charge in [-0.2, -0.15) is 0 Å². The molecule has 106 valence electrons. The summed E-state index contributed by atoms with van der Waals surface area (Å²) in [5.41, 5.74) is 6.00. The van der Waals surface area contributed by atoms with E-state index in [4.69, 9.17) is 19.9 Å². The number of esters is 1. The fourth-order valence-electron chi connectivity index (χ4n) is 1.37. The van der Waals surface area contributed by atoms with E-state index in [0.717, 1.165) is 0 Å². The minimum absolute atomic E-state index is 0.0697. The second-order valence-corrected chi connectivity index (χ2v) is 3.87. The van der Waals surface area contributed by atoms with E-state index in [1.807, 2.05) is 0 Å². The second kappa shape index (κ2) is 8.34. The summed E-state index contributed by atoms with van der Waals surface area (Å²) < 4.78 is 15.0. The minimum Gasteiger partial charge on any atom is -0.507 e. The van der Waals surface area contributed by atoms with Crippen LogP contribution in [0.5, 0.6) is 5.75 Å². The average Bonchev–Trinajstić information content (AvgIpc) is 2.40. The smallest absolute Gasteiger partial charge is 0.341 e. The summed E-state index contributed by atoms with van der Waals surface area (Å²) >= 11 is 0. The Balaban J connectivity index is 2.26. The van der Waals surface area contributed by atoms with E-state index >= 15 is 0 Å². The second-order valence-electron chi connectivity index (χ2n) is 3.87. The maximum atomic E-state index is 11.7. The topological polar surface area (TPSA) is 91.0 Å². The van der Waals surface area contributed by atoms with Crippen molar-refractivity contribution in [2.45, 2.75) is 6.42 Å². The van der Waals surface area contributed by atoms with Crippen LogP contribution in [0.25, 0.3) is 0 Å². The van der Waals surface area contributed by atoms with Crippen molar-refractivity contribution in [1.29, 1.82) is 0 Å². The van der Waals surface area contributed by atoms with Crippen molar-refractivity contribution in [1.82, 2.24) is 0 Å². The normalized spacial score (nSPS) is 10.4. The van der Waals surface area contributed by atoms with Crippen LogP contribution in [0.4, 0.5) is 5.69 Å². The van der Waals surface area contributed by atoms with Gasteiger partial charge >= 0.3 is 5.97 Å². The highest BCUT2D eigenvalue weighted by atomic mass is 16.5. The zero-order valence-corrected chi connectivity index (χ0v) is 10.9. The lowest BCUT2D eigenvalue weighted by atomic mass is 10.2. The number of carbonyl (C=O) groups excluding carboxylic acids is 1. The lowest BCUT2D eigenvalue weighted by Gasteiger charge is -2.07. The molecular weight excluding hydrogens is 250 g/mol. The minimum atomic E-state index is -0.596. The molecule has 0 fully saturated rings. The summed E-state index contributed by atoms with van der Waals surface area (Å²) in [6.07, 6.45) is 0.582. The highest BCUT2D eigenvalue weighted by Crippen LogP contribution is 2.20. The number of rotatable bonds is 8. The van der Waals surface area contributed by atoms with Gasteiger partial charge in [-0.3, -0.25) is 0 Å². The first kappa shape index (κ1) is 15.3. The summed E-state index contributed by atoms with van der Waals surface area (Å²) in [6, 6.07) is 4.25. The number of ether oxygens (including phenoxy) is 3. The number of phenolic OH excluding ortho intramolecular Hbond substituents is 1. The van der Waals surface area contributed by atoms with Crippen LogP contribution in [0.1, 0.15) is 16.8 Å². The third kappa shape index (κ3) is 5.58. The molecular formula is C13H19NO5. The Hall–Kier alpha value is -1.79. The van der Waals surface area contributed by atoms with Crippen molar-refractivity contribution in [2.24, 2.45) is 0 Å². The summed E-state index contributed by atoms with van der Waals surface area (Å²) in [7, 11) is 1.60. The largest absolute Gasteiger partial charge is 0.507 e. The first-order valence-electron chi connectivity index (χ1n) is 5.97. The lowest BCUT2D eigenvalue weighted by molar-refractivity contribution is 0.0383. The van der Waals surface area contributed by atoms with Crippen LogP contribution < -0.4 is 5.73 Å². The third-order valence-corrected chi connectivity index (χ3v) is 2.34. The highest BCUT2D eigenvalue weighted by Gasteiger charge is 2.12. The monoisotopic (exact) mass is 269 g/mol. The first-order chi connectivity index (χ1) is 9.15. The Morgan fingerprint density at radius 2 is 2.05 bits per heavy atom. The lowest BCUT2D eigenvalue weighted by Crippen LogP contribution is -2.10. The van der Waals surface area contributed by atoms with Crippen LogP contribution in [0.2, 0.25) is 0 Å². The van der Waals surface area contributed by atoms with Gasteiger partial charge in [0.05, 0.1) is 19.8 Å². The maximum Gasteiger partial charge on any atom is 0.341 e. The van der Waals surface area contributed by atoms with Crippen LogP contribution in [-0.2, 0) is 14.2 Å². The van der Waals surface area contributed by atoms with Gasteiger partial charge in [0.25, 0.3) is 0 Å². The van der Waals surface area contributed by atoms with Gasteiger partial charge in [0, 0.05) is 25.8 Å². The molecule has 19 heavy (non-hydrogen) atoms. The molecule has 0 bridgehead atoms. The quantitative estimate of drug-likeness (QED) is 0.319. The summed E-state index contributed by atoms with van der Waals surface area (Å²) in [6.45, 7) is 1.76. The number of anilines is 1. The molecule has 0 aliphatic heterocycles. The van der Waals surface area contributed by atoms with Gasteiger partial charge in [-0.25, -0.2) is 4.79 Å². The number of aromatic hydroxyl groups is 1. The average molecular weight is 269 g/mol. The van der Waals surface area contributed by atoms with E-state index < -0.39 is 5.97 Å². The Morgan fingerprint density at radius 3 is 2.79 bits per heavy atom. The van der Waals surface area contributed by atoms with E-state index in [-0.39, 0.29) is 17.9 Å². The van der Waals surface area contributed by atoms with Crippen LogP contribution in [0.15, 0.2) is 18.2 Å². The summed E-state index contributed by atoms with van der Waals surface area (Å²) in [5, 5.41) is 9.51. The Bertz CT molecular complexity index is 408. The van der Waals surface area contributed by atoms with Crippen LogP contribution in [-0.4, -0.2) is 44.6 Å². The van der Waals surface area contributed by atoms with E-state index in [1.165, 1.54) is 18.2 Å².